The SMILES string of the molecule is CC(C)C.O=C(O)CNc1ccccc1. The maximum atomic E-state index is 10.1. The molecule has 0 amide bonds. The van der Waals surface area contributed by atoms with Gasteiger partial charge in [-0.2, -0.15) is 0 Å². The molecule has 0 bridgehead atoms. The van der Waals surface area contributed by atoms with Crippen LogP contribution in [0.3, 0.4) is 0 Å². The van der Waals surface area contributed by atoms with Crippen LogP contribution in [0.15, 0.2) is 30.3 Å². The highest BCUT2D eigenvalue weighted by Crippen LogP contribution is 2.03. The van der Waals surface area contributed by atoms with Crippen LogP contribution in [0.1, 0.15) is 20.8 Å². The number of rotatable bonds is 3. The minimum atomic E-state index is -0.853. The monoisotopic (exact) mass is 209 g/mol. The second-order valence-electron chi connectivity index (χ2n) is 3.85. The standard InChI is InChI=1S/C8H9NO2.C4H10/c10-8(11)6-9-7-4-2-1-3-5-7;1-4(2)3/h1-5,9H,6H2,(H,10,11);4H,1-3H3. The number of carboxylic acid groups (broad SMARTS) is 1. The average Bonchev–Trinajstić information content (AvgIpc) is 2.15. The zero-order valence-corrected chi connectivity index (χ0v) is 9.53. The molecular formula is C12H19NO2. The molecule has 0 aliphatic heterocycles. The molecule has 0 aliphatic carbocycles. The predicted molar refractivity (Wildman–Crippen MR) is 63.1 cm³/mol. The Hall–Kier alpha value is -1.51. The van der Waals surface area contributed by atoms with Crippen LogP contribution in [-0.2, 0) is 4.79 Å². The zero-order valence-electron chi connectivity index (χ0n) is 9.53. The van der Waals surface area contributed by atoms with Crippen molar-refractivity contribution in [3.8, 4) is 0 Å². The van der Waals surface area contributed by atoms with Gasteiger partial charge < -0.3 is 10.4 Å². The third kappa shape index (κ3) is 10.4. The summed E-state index contributed by atoms with van der Waals surface area (Å²) >= 11 is 0. The lowest BCUT2D eigenvalue weighted by Gasteiger charge is -2.00. The molecule has 1 aromatic carbocycles. The van der Waals surface area contributed by atoms with Crippen molar-refractivity contribution < 1.29 is 9.90 Å². The molecule has 84 valence electrons. The molecule has 2 N–H and O–H groups in total. The Morgan fingerprint density at radius 3 is 2.13 bits per heavy atom. The predicted octanol–water partition coefficient (Wildman–Crippen LogP) is 2.85. The summed E-state index contributed by atoms with van der Waals surface area (Å²) in [6, 6.07) is 9.23. The van der Waals surface area contributed by atoms with Gasteiger partial charge in [-0.15, -0.1) is 0 Å². The number of para-hydroxylation sites is 1. The van der Waals surface area contributed by atoms with E-state index in [4.69, 9.17) is 5.11 Å². The lowest BCUT2D eigenvalue weighted by Crippen LogP contribution is -2.11. The van der Waals surface area contributed by atoms with Crippen molar-refractivity contribution in [2.24, 2.45) is 5.92 Å². The second kappa shape index (κ2) is 7.85. The minimum Gasteiger partial charge on any atom is -0.480 e. The van der Waals surface area contributed by atoms with Gasteiger partial charge in [0.2, 0.25) is 0 Å². The van der Waals surface area contributed by atoms with Crippen molar-refractivity contribution in [1.29, 1.82) is 0 Å². The van der Waals surface area contributed by atoms with Crippen molar-refractivity contribution >= 4 is 11.7 Å². The number of carbonyl (C=O) groups is 1. The van der Waals surface area contributed by atoms with Crippen molar-refractivity contribution in [3.63, 3.8) is 0 Å². The Bertz CT molecular complexity index is 267. The highest BCUT2D eigenvalue weighted by Gasteiger charge is 1.93. The lowest BCUT2D eigenvalue weighted by atomic mass is 10.3. The van der Waals surface area contributed by atoms with E-state index < -0.39 is 5.97 Å². The lowest BCUT2D eigenvalue weighted by molar-refractivity contribution is -0.134. The molecule has 15 heavy (non-hydrogen) atoms. The van der Waals surface area contributed by atoms with E-state index in [0.717, 1.165) is 11.6 Å². The molecule has 0 unspecified atom stereocenters. The first-order valence-corrected chi connectivity index (χ1v) is 5.03. The van der Waals surface area contributed by atoms with Gasteiger partial charge in [0.05, 0.1) is 0 Å². The van der Waals surface area contributed by atoms with Gasteiger partial charge in [0.25, 0.3) is 0 Å². The first-order chi connectivity index (χ1) is 7.02. The molecule has 3 heteroatoms. The number of nitrogens with one attached hydrogen (secondary N) is 1. The van der Waals surface area contributed by atoms with Gasteiger partial charge in [0.1, 0.15) is 6.54 Å². The van der Waals surface area contributed by atoms with Gasteiger partial charge in [-0.3, -0.25) is 4.79 Å². The van der Waals surface area contributed by atoms with Crippen molar-refractivity contribution in [3.05, 3.63) is 30.3 Å². The number of carboxylic acids is 1. The summed E-state index contributed by atoms with van der Waals surface area (Å²) in [7, 11) is 0. The molecular weight excluding hydrogens is 190 g/mol. The van der Waals surface area contributed by atoms with E-state index in [2.05, 4.69) is 26.1 Å². The smallest absolute Gasteiger partial charge is 0.322 e. The summed E-state index contributed by atoms with van der Waals surface area (Å²) in [5.41, 5.74) is 0.829. The van der Waals surface area contributed by atoms with E-state index >= 15 is 0 Å². The Balaban J connectivity index is 0.000000423. The molecule has 0 saturated carbocycles. The number of aliphatic carboxylic acids is 1. The van der Waals surface area contributed by atoms with Crippen LogP contribution in [0, 0.1) is 5.92 Å². The Morgan fingerprint density at radius 2 is 1.73 bits per heavy atom. The topological polar surface area (TPSA) is 49.3 Å². The first-order valence-electron chi connectivity index (χ1n) is 5.03. The van der Waals surface area contributed by atoms with Crippen LogP contribution < -0.4 is 5.32 Å². The summed E-state index contributed by atoms with van der Waals surface area (Å²) < 4.78 is 0. The van der Waals surface area contributed by atoms with Crippen LogP contribution in [0.25, 0.3) is 0 Å². The molecule has 0 aliphatic rings. The van der Waals surface area contributed by atoms with Gasteiger partial charge in [0, 0.05) is 5.69 Å². The molecule has 0 radical (unpaired) electrons. The van der Waals surface area contributed by atoms with E-state index in [1.165, 1.54) is 0 Å². The minimum absolute atomic E-state index is 0.0377. The summed E-state index contributed by atoms with van der Waals surface area (Å²) in [5.74, 6) is -0.0196. The Labute approximate surface area is 91.1 Å². The fourth-order valence-electron chi connectivity index (χ4n) is 0.734. The molecule has 0 saturated heterocycles. The van der Waals surface area contributed by atoms with Gasteiger partial charge >= 0.3 is 5.97 Å². The largest absolute Gasteiger partial charge is 0.480 e. The fourth-order valence-corrected chi connectivity index (χ4v) is 0.734. The van der Waals surface area contributed by atoms with E-state index in [0.29, 0.717) is 0 Å². The molecule has 0 aromatic heterocycles. The summed E-state index contributed by atoms with van der Waals surface area (Å²) in [6.07, 6.45) is 0. The van der Waals surface area contributed by atoms with Crippen molar-refractivity contribution in [1.82, 2.24) is 0 Å². The molecule has 0 heterocycles. The van der Waals surface area contributed by atoms with Crippen LogP contribution in [0.4, 0.5) is 5.69 Å². The number of hydrogen-bond donors (Lipinski definition) is 2. The van der Waals surface area contributed by atoms with Gasteiger partial charge in [0.15, 0.2) is 0 Å². The third-order valence-electron chi connectivity index (χ3n) is 1.22. The molecule has 1 aromatic rings. The molecule has 1 rings (SSSR count). The molecule has 0 fully saturated rings. The highest BCUT2D eigenvalue weighted by molar-refractivity contribution is 5.72. The van der Waals surface area contributed by atoms with Gasteiger partial charge in [-0.1, -0.05) is 39.0 Å². The van der Waals surface area contributed by atoms with Crippen LogP contribution in [0.5, 0.6) is 0 Å². The van der Waals surface area contributed by atoms with E-state index in [9.17, 15) is 4.79 Å². The van der Waals surface area contributed by atoms with E-state index in [1.54, 1.807) is 0 Å². The second-order valence-corrected chi connectivity index (χ2v) is 3.85. The van der Waals surface area contributed by atoms with Crippen molar-refractivity contribution in [2.75, 3.05) is 11.9 Å². The molecule has 3 nitrogen and oxygen atoms in total. The third-order valence-corrected chi connectivity index (χ3v) is 1.22. The van der Waals surface area contributed by atoms with Gasteiger partial charge in [-0.05, 0) is 18.1 Å². The Morgan fingerprint density at radius 1 is 1.27 bits per heavy atom. The maximum absolute atomic E-state index is 10.1. The quantitative estimate of drug-likeness (QED) is 0.804. The molecule has 0 spiro atoms. The normalized spacial score (nSPS) is 9.07. The van der Waals surface area contributed by atoms with Crippen molar-refractivity contribution in [2.45, 2.75) is 20.8 Å². The van der Waals surface area contributed by atoms with Crippen LogP contribution in [0.2, 0.25) is 0 Å². The zero-order chi connectivity index (χ0) is 11.7. The number of benzene rings is 1. The van der Waals surface area contributed by atoms with Crippen LogP contribution >= 0.6 is 0 Å². The van der Waals surface area contributed by atoms with E-state index in [1.807, 2.05) is 30.3 Å². The highest BCUT2D eigenvalue weighted by atomic mass is 16.4. The molecule has 0 atom stereocenters. The number of anilines is 1. The summed E-state index contributed by atoms with van der Waals surface area (Å²) in [6.45, 7) is 6.46. The van der Waals surface area contributed by atoms with Gasteiger partial charge in [-0.25, -0.2) is 0 Å². The Kier molecular flexibility index (Phi) is 7.06. The fraction of sp³-hybridized carbons (Fsp3) is 0.417. The maximum Gasteiger partial charge on any atom is 0.322 e. The number of hydrogen-bond acceptors (Lipinski definition) is 2. The van der Waals surface area contributed by atoms with E-state index in [-0.39, 0.29) is 6.54 Å². The summed E-state index contributed by atoms with van der Waals surface area (Å²) in [5, 5.41) is 11.1. The summed E-state index contributed by atoms with van der Waals surface area (Å²) in [4.78, 5) is 10.1. The average molecular weight is 209 g/mol. The first kappa shape index (κ1) is 13.5. The van der Waals surface area contributed by atoms with Crippen LogP contribution in [-0.4, -0.2) is 17.6 Å².